The number of carbonyl (C=O) groups is 9. The summed E-state index contributed by atoms with van der Waals surface area (Å²) >= 11 is 14.4. The quantitative estimate of drug-likeness (QED) is 0.0404. The average Bonchev–Trinajstić information content (AvgIpc) is 0.762. The van der Waals surface area contributed by atoms with Crippen molar-refractivity contribution >= 4 is 82.1 Å². The highest BCUT2D eigenvalue weighted by Gasteiger charge is 2.53. The maximum atomic E-state index is 16.4. The normalized spacial score (nSPS) is 25.8. The second-order valence-electron chi connectivity index (χ2n) is 31.7. The van der Waals surface area contributed by atoms with Gasteiger partial charge in [-0.3, -0.25) is 43.2 Å². The van der Waals surface area contributed by atoms with Gasteiger partial charge in [0.05, 0.1) is 41.3 Å². The molecule has 7 heterocycles. The van der Waals surface area contributed by atoms with Crippen LogP contribution < -0.4 is 83.6 Å². The fourth-order valence-electron chi connectivity index (χ4n) is 15.3. The third kappa shape index (κ3) is 22.1. The van der Waals surface area contributed by atoms with Gasteiger partial charge in [-0.1, -0.05) is 73.4 Å². The molecule has 127 heavy (non-hydrogen) atoms. The topological polar surface area (TPSA) is 573 Å². The Morgan fingerprint density at radius 2 is 1.35 bits per heavy atom. The van der Waals surface area contributed by atoms with Crippen LogP contribution >= 0.6 is 23.2 Å². The van der Waals surface area contributed by atoms with Crippen molar-refractivity contribution in [2.45, 2.75) is 182 Å². The molecule has 2 unspecified atom stereocenters. The molecule has 9 amide bonds. The molecule has 0 spiro atoms. The van der Waals surface area contributed by atoms with Gasteiger partial charge in [0.1, 0.15) is 101 Å². The molecule has 11 bridgehead atoms. The maximum absolute atomic E-state index is 16.4. The van der Waals surface area contributed by atoms with E-state index in [4.69, 9.17) is 63.1 Å². The number of phenolic OH excluding ortho intramolecular Hbond substituents is 3. The summed E-state index contributed by atoms with van der Waals surface area (Å²) in [5.41, 5.74) is 8.11. The van der Waals surface area contributed by atoms with E-state index in [2.05, 4.69) is 57.9 Å². The minimum atomic E-state index is -5.04. The van der Waals surface area contributed by atoms with E-state index in [1.54, 1.807) is 25.1 Å². The van der Waals surface area contributed by atoms with Crippen LogP contribution in [0.5, 0.6) is 51.7 Å². The van der Waals surface area contributed by atoms with Crippen molar-refractivity contribution in [3.05, 3.63) is 176 Å². The summed E-state index contributed by atoms with van der Waals surface area (Å²) in [5.74, 6) is -16.7. The zero-order valence-electron chi connectivity index (χ0n) is 68.5. The number of hydrogen-bond acceptors (Lipinski definition) is 28. The second-order valence-corrected chi connectivity index (χ2v) is 32.5. The van der Waals surface area contributed by atoms with Crippen LogP contribution in [-0.2, 0) is 59.1 Å². The van der Waals surface area contributed by atoms with Crippen LogP contribution in [0.2, 0.25) is 10.0 Å². The van der Waals surface area contributed by atoms with Crippen molar-refractivity contribution in [1.29, 1.82) is 0 Å². The predicted molar refractivity (Wildman–Crippen MR) is 443 cm³/mol. The third-order valence-corrected chi connectivity index (χ3v) is 22.5. The SMILES string of the molecule is CN[C@H](CC(C)C)C(=O)N[C@H]1C(=O)N[C@@H](CC(N)=O)C(=O)NC2C(=O)N[C@H]3C(=O)N[C@H](C(=O)N[C@@H](C(=O)NCCCCN)c4cc(O)cc(O)c4-c4cc3ccc4O)[C@H](O)c3ccc(c(Cl)c3)Oc3cc2cc(c3OC2O[C@H](CO)[C@@H](O)[C@@H](O)[C@H]2O[C@H]2C[C@](C)(NCc3cccc(NC(=O)c4cccc(OC(F)(F)F)c4)c3)[C@H](O)[C@H](C)O2)Oc2ccc(cc2Cl)[C@H]1O. The minimum absolute atomic E-state index is 0.0481. The van der Waals surface area contributed by atoms with E-state index in [0.717, 1.165) is 78.9 Å². The number of ether oxygens (including phenoxy) is 7. The number of unbranched alkanes of at least 4 members (excludes halogenated alkanes) is 1. The lowest BCUT2D eigenvalue weighted by molar-refractivity contribution is -0.334. The van der Waals surface area contributed by atoms with Gasteiger partial charge in [0, 0.05) is 53.5 Å². The number of halogens is 5. The molecule has 0 radical (unpaired) electrons. The zero-order chi connectivity index (χ0) is 91.9. The van der Waals surface area contributed by atoms with Crippen LogP contribution in [-0.4, -0.2) is 211 Å². The lowest BCUT2D eigenvalue weighted by Crippen LogP contribution is -2.65. The number of primary amides is 1. The number of benzene rings is 7. The van der Waals surface area contributed by atoms with Crippen LogP contribution in [0.4, 0.5) is 18.9 Å². The predicted octanol–water partition coefficient (Wildman–Crippen LogP) is 3.86. The zero-order valence-corrected chi connectivity index (χ0v) is 70.0. The number of fused-ring (bicyclic) bond motifs is 15. The summed E-state index contributed by atoms with van der Waals surface area (Å²) < 4.78 is 82.8. The Morgan fingerprint density at radius 3 is 2.00 bits per heavy atom. The molecule has 7 aliphatic rings. The first-order valence-electron chi connectivity index (χ1n) is 40.1. The van der Waals surface area contributed by atoms with Gasteiger partial charge in [-0.05, 0) is 171 Å². The number of aromatic hydroxyl groups is 3. The molecule has 7 aromatic carbocycles. The number of nitrogens with two attached hydrogens (primary N) is 2. The van der Waals surface area contributed by atoms with Crippen molar-refractivity contribution in [2.75, 3.05) is 32.1 Å². The first kappa shape index (κ1) is 94.4. The Morgan fingerprint density at radius 1 is 0.701 bits per heavy atom. The molecule has 7 aliphatic heterocycles. The molecule has 37 nitrogen and oxygen atoms in total. The van der Waals surface area contributed by atoms with Crippen LogP contribution in [0.1, 0.15) is 134 Å². The Labute approximate surface area is 732 Å². The molecule has 2 fully saturated rings. The molecule has 14 rings (SSSR count). The lowest BCUT2D eigenvalue weighted by Gasteiger charge is -2.48. The molecule has 7 aromatic rings. The Kier molecular flexibility index (Phi) is 29.8. The molecule has 0 aromatic heterocycles. The van der Waals surface area contributed by atoms with Crippen LogP contribution in [0.15, 0.2) is 127 Å². The van der Waals surface area contributed by atoms with Gasteiger partial charge in [0.2, 0.25) is 59.3 Å². The second kappa shape index (κ2) is 40.1. The number of aliphatic hydroxyl groups is 6. The fraction of sp³-hybridized carbons (Fsp3) is 0.400. The molecule has 680 valence electrons. The summed E-state index contributed by atoms with van der Waals surface area (Å²) in [7, 11) is 1.46. The van der Waals surface area contributed by atoms with E-state index in [9.17, 15) is 78.3 Å². The van der Waals surface area contributed by atoms with E-state index < -0.39 is 255 Å². The monoisotopic (exact) mass is 1810 g/mol. The molecule has 0 saturated carbocycles. The first-order valence-corrected chi connectivity index (χ1v) is 40.9. The van der Waals surface area contributed by atoms with Gasteiger partial charge in [0.25, 0.3) is 5.91 Å². The van der Waals surface area contributed by atoms with Gasteiger partial charge in [-0.2, -0.15) is 0 Å². The van der Waals surface area contributed by atoms with Crippen molar-refractivity contribution in [3.63, 3.8) is 0 Å². The maximum Gasteiger partial charge on any atom is 0.573 e. The molecular weight excluding hydrogens is 1720 g/mol. The number of amides is 9. The standard InChI is InChI=1S/C85H95Cl2F3N12O25/c1-36(2)22-51(93-5)76(114)101-66-68(108)40-15-18-55(49(86)26-40)122-57-28-43-29-58(72(57)126-83-73(71(111)70(110)59(35-103)124-83)125-61-33-84(4,74(112)37(3)121-61)95-34-38-10-8-12-44(23-38)96-75(113)42-11-9-13-46(24-42)127-85(88,89)90)123-56-19-16-41(27-50(56)87)69(109)67-82(120)100-65(78(116)94-21-7-6-20-91)48-30-45(104)31-54(106)62(48)47-25-39(14-17-53(47)105)63(79(117)102-67)99-80(118)64(43)98-77(115)52(32-60(92)107)97-81(66)119/h8-19,23-31,36-37,51-52,59,61,63-71,73-74,83,93,95,103-106,108-112H,6-7,20-22,32-35,91H2,1-5H3,(H2,92,107)(H,94,116)(H,96,113)(H,97,119)(H,98,115)(H,99,118)(H,100,120)(H,101,114)(H,102,117)/t37-,51+,52-,59+,61-,63+,64?,65+,66+,67-,68+,69+,70+,71+,73+,74+,83?,84-/m0/s1. The van der Waals surface area contributed by atoms with E-state index in [1.807, 2.05) is 13.8 Å². The number of hydrogen-bond donors (Lipinski definition) is 21. The van der Waals surface area contributed by atoms with Crippen molar-refractivity contribution in [3.8, 4) is 62.9 Å². The average molecular weight is 1810 g/mol. The summed E-state index contributed by atoms with van der Waals surface area (Å²) in [6, 6.07) is 10.4. The van der Waals surface area contributed by atoms with E-state index >= 15 is 24.0 Å². The highest BCUT2D eigenvalue weighted by Crippen LogP contribution is 2.50. The molecule has 23 N–H and O–H groups in total. The number of aliphatic hydroxyl groups excluding tert-OH is 6. The number of carbonyl (C=O) groups excluding carboxylic acids is 9. The van der Waals surface area contributed by atoms with Crippen molar-refractivity contribution < 1.29 is 135 Å². The largest absolute Gasteiger partial charge is 0.573 e. The van der Waals surface area contributed by atoms with Gasteiger partial charge >= 0.3 is 6.36 Å². The lowest BCUT2D eigenvalue weighted by atomic mass is 9.84. The first-order chi connectivity index (χ1) is 60.2. The fourth-order valence-corrected chi connectivity index (χ4v) is 15.8. The Bertz CT molecular complexity index is 5320. The summed E-state index contributed by atoms with van der Waals surface area (Å²) in [6.45, 7) is 5.77. The van der Waals surface area contributed by atoms with E-state index in [0.29, 0.717) is 18.4 Å². The molecule has 42 heteroatoms. The summed E-state index contributed by atoms with van der Waals surface area (Å²) in [5, 5.41) is 133. The van der Waals surface area contributed by atoms with Gasteiger partial charge in [0.15, 0.2) is 23.9 Å². The van der Waals surface area contributed by atoms with Gasteiger partial charge < -0.3 is 144 Å². The molecule has 0 aliphatic carbocycles. The van der Waals surface area contributed by atoms with Gasteiger partial charge in [-0.25, -0.2) is 0 Å². The molecular formula is C85H95Cl2F3N12O25. The Hall–Kier alpha value is -11.7. The highest BCUT2D eigenvalue weighted by molar-refractivity contribution is 6.32. The van der Waals surface area contributed by atoms with Crippen molar-refractivity contribution in [2.24, 2.45) is 17.4 Å². The van der Waals surface area contributed by atoms with Crippen LogP contribution in [0.3, 0.4) is 0 Å². The minimum Gasteiger partial charge on any atom is -0.508 e. The Balaban J connectivity index is 1.01. The van der Waals surface area contributed by atoms with Crippen LogP contribution in [0, 0.1) is 5.92 Å². The van der Waals surface area contributed by atoms with Crippen LogP contribution in [0.25, 0.3) is 11.1 Å². The number of alkyl halides is 3. The number of likely N-dealkylation sites (N-methyl/N-ethyl adjacent to an activating group) is 1. The highest BCUT2D eigenvalue weighted by atomic mass is 35.5. The molecule has 18 atom stereocenters. The third-order valence-electron chi connectivity index (χ3n) is 21.9. The summed E-state index contributed by atoms with van der Waals surface area (Å²) in [4.78, 5) is 134. The number of anilines is 1. The van der Waals surface area contributed by atoms with E-state index in [1.165, 1.54) is 44.3 Å². The van der Waals surface area contributed by atoms with E-state index in [-0.39, 0.29) is 77.6 Å². The number of phenols is 3. The number of rotatable bonds is 23. The molecule has 2 saturated heterocycles. The smallest absolute Gasteiger partial charge is 0.508 e. The van der Waals surface area contributed by atoms with Crippen molar-refractivity contribution in [1.82, 2.24) is 47.9 Å². The number of nitrogens with one attached hydrogen (secondary N) is 10. The summed E-state index contributed by atoms with van der Waals surface area (Å²) in [6.07, 6.45) is -24.0. The van der Waals surface area contributed by atoms with Gasteiger partial charge in [-0.15, -0.1) is 13.2 Å².